The number of carboxylic acid groups (broad SMARTS) is 1. The lowest BCUT2D eigenvalue weighted by atomic mass is 10.1. The van der Waals surface area contributed by atoms with E-state index in [2.05, 4.69) is 37.0 Å². The van der Waals surface area contributed by atoms with E-state index >= 15 is 4.39 Å². The van der Waals surface area contributed by atoms with Crippen LogP contribution in [0.1, 0.15) is 100 Å². The fourth-order valence-electron chi connectivity index (χ4n) is 9.50. The van der Waals surface area contributed by atoms with Gasteiger partial charge in [0.1, 0.15) is 60.4 Å². The molecule has 32 heteroatoms. The largest absolute Gasteiger partial charge is 0.573 e. The van der Waals surface area contributed by atoms with E-state index in [9.17, 15) is 71.9 Å². The van der Waals surface area contributed by atoms with E-state index in [4.69, 9.17) is 4.74 Å². The summed E-state index contributed by atoms with van der Waals surface area (Å²) < 4.78 is 175. The Balaban J connectivity index is 0.000000257. The van der Waals surface area contributed by atoms with Crippen molar-refractivity contribution in [2.24, 2.45) is 0 Å². The number of hydrogen-bond acceptors (Lipinski definition) is 17. The number of aromatic nitrogens is 2. The molecule has 2 saturated heterocycles. The lowest BCUT2D eigenvalue weighted by molar-refractivity contribution is -0.275. The number of carbonyl (C=O) groups is 4. The van der Waals surface area contributed by atoms with E-state index < -0.39 is 107 Å². The summed E-state index contributed by atoms with van der Waals surface area (Å²) in [6, 6.07) is 15.6. The number of alkyl halides is 6. The average molecular weight is 1350 g/mol. The second-order valence-corrected chi connectivity index (χ2v) is 27.3. The van der Waals surface area contributed by atoms with Crippen LogP contribution in [0, 0.1) is 25.5 Å². The van der Waals surface area contributed by atoms with Crippen LogP contribution in [-0.4, -0.2) is 134 Å². The van der Waals surface area contributed by atoms with Gasteiger partial charge in [-0.3, -0.25) is 9.59 Å². The molecule has 1 unspecified atom stereocenters. The van der Waals surface area contributed by atoms with Crippen molar-refractivity contribution in [1.82, 2.24) is 29.2 Å². The number of esters is 1. The van der Waals surface area contributed by atoms with Gasteiger partial charge in [-0.2, -0.15) is 8.61 Å². The minimum atomic E-state index is -5.11. The van der Waals surface area contributed by atoms with Gasteiger partial charge >= 0.3 is 24.7 Å². The van der Waals surface area contributed by atoms with Crippen LogP contribution >= 0.6 is 22.7 Å². The Labute approximate surface area is 521 Å². The molecule has 0 saturated carbocycles. The van der Waals surface area contributed by atoms with Crippen molar-refractivity contribution in [2.45, 2.75) is 127 Å². The van der Waals surface area contributed by atoms with Crippen LogP contribution in [0.2, 0.25) is 0 Å². The molecule has 8 rings (SSSR count). The molecule has 2 atom stereocenters. The third-order valence-corrected chi connectivity index (χ3v) is 19.9. The highest BCUT2D eigenvalue weighted by Crippen LogP contribution is 2.36. The van der Waals surface area contributed by atoms with Crippen LogP contribution in [0.3, 0.4) is 0 Å². The number of halogens is 8. The summed E-state index contributed by atoms with van der Waals surface area (Å²) in [5.74, 6) is -8.00. The smallest absolute Gasteiger partial charge is 0.477 e. The van der Waals surface area contributed by atoms with Gasteiger partial charge in [-0.15, -0.1) is 26.3 Å². The molecule has 3 N–H and O–H groups in total. The van der Waals surface area contributed by atoms with Crippen molar-refractivity contribution in [3.63, 3.8) is 0 Å². The van der Waals surface area contributed by atoms with Crippen molar-refractivity contribution in [2.75, 3.05) is 49.1 Å². The topological polar surface area (TPSA) is 247 Å². The molecule has 0 radical (unpaired) electrons. The minimum absolute atomic E-state index is 0.0131. The average Bonchev–Trinajstić information content (AvgIpc) is 1.60. The van der Waals surface area contributed by atoms with Gasteiger partial charge in [0.25, 0.3) is 0 Å². The predicted octanol–water partition coefficient (Wildman–Crippen LogP) is 9.93. The number of carbonyl (C=O) groups excluding carboxylic acids is 3. The number of aromatic carboxylic acids is 1. The molecule has 2 amide bonds. The van der Waals surface area contributed by atoms with Gasteiger partial charge in [-0.1, -0.05) is 97.9 Å². The maximum atomic E-state index is 15.0. The van der Waals surface area contributed by atoms with Crippen molar-refractivity contribution in [3.05, 3.63) is 140 Å². The summed E-state index contributed by atoms with van der Waals surface area (Å²) in [5.41, 5.74) is 3.65. The molecule has 2 fully saturated rings. The monoisotopic (exact) mass is 1340 g/mol. The molecule has 20 nitrogen and oxygen atoms in total. The molecular weight excluding hydrogens is 1280 g/mol. The molecule has 488 valence electrons. The molecule has 4 heterocycles. The number of rotatable bonds is 20. The second kappa shape index (κ2) is 28.8. The summed E-state index contributed by atoms with van der Waals surface area (Å²) in [4.78, 5) is 61.8. The number of sulfonamides is 2. The summed E-state index contributed by atoms with van der Waals surface area (Å²) in [5, 5.41) is 15.5. The minimum Gasteiger partial charge on any atom is -0.477 e. The first kappa shape index (κ1) is 69.9. The first-order valence-electron chi connectivity index (χ1n) is 27.8. The van der Waals surface area contributed by atoms with Crippen molar-refractivity contribution < 1.29 is 90.5 Å². The number of nitrogens with one attached hydrogen (secondary N) is 2. The first-order valence-corrected chi connectivity index (χ1v) is 32.3. The summed E-state index contributed by atoms with van der Waals surface area (Å²) >= 11 is 1.90. The lowest BCUT2D eigenvalue weighted by Crippen LogP contribution is -2.60. The molecular formula is C58H64F8N8O12S4. The number of ether oxygens (including phenoxy) is 3. The predicted molar refractivity (Wildman–Crippen MR) is 316 cm³/mol. The van der Waals surface area contributed by atoms with E-state index in [-0.39, 0.29) is 72.9 Å². The number of piperazine rings is 2. The Hall–Kier alpha value is -7.52. The molecule has 2 aliphatic heterocycles. The molecule has 6 aromatic rings. The van der Waals surface area contributed by atoms with E-state index in [0.717, 1.165) is 79.2 Å². The van der Waals surface area contributed by atoms with Crippen LogP contribution in [0.15, 0.2) is 94.7 Å². The first-order chi connectivity index (χ1) is 42.1. The quantitative estimate of drug-likeness (QED) is 0.0475. The molecule has 4 aromatic carbocycles. The maximum Gasteiger partial charge on any atom is 0.573 e. The number of anilines is 2. The van der Waals surface area contributed by atoms with Crippen molar-refractivity contribution >= 4 is 76.7 Å². The van der Waals surface area contributed by atoms with Gasteiger partial charge in [-0.25, -0.2) is 45.2 Å². The molecule has 0 bridgehead atoms. The normalized spacial score (nSPS) is 16.2. The number of carboxylic acids is 1. The zero-order chi connectivity index (χ0) is 66.3. The third kappa shape index (κ3) is 18.1. The Morgan fingerprint density at radius 1 is 0.589 bits per heavy atom. The molecule has 0 aliphatic carbocycles. The fourth-order valence-corrected chi connectivity index (χ4v) is 14.7. The third-order valence-electron chi connectivity index (χ3n) is 13.7. The highest BCUT2D eigenvalue weighted by atomic mass is 32.2. The van der Waals surface area contributed by atoms with Crippen LogP contribution in [0.5, 0.6) is 11.5 Å². The highest BCUT2D eigenvalue weighted by Gasteiger charge is 2.45. The van der Waals surface area contributed by atoms with Crippen LogP contribution < -0.4 is 29.9 Å². The van der Waals surface area contributed by atoms with Gasteiger partial charge in [0.05, 0.1) is 11.4 Å². The van der Waals surface area contributed by atoms with Gasteiger partial charge in [-0.05, 0) is 94.0 Å². The van der Waals surface area contributed by atoms with Crippen molar-refractivity contribution in [3.8, 4) is 11.5 Å². The molecule has 2 aliphatic rings. The van der Waals surface area contributed by atoms with Crippen LogP contribution in [0.4, 0.5) is 45.4 Å². The number of thiazole rings is 2. The maximum absolute atomic E-state index is 15.0. The summed E-state index contributed by atoms with van der Waals surface area (Å²) in [6.07, 6.45) is -6.52. The number of amides is 2. The Morgan fingerprint density at radius 2 is 0.956 bits per heavy atom. The zero-order valence-electron chi connectivity index (χ0n) is 49.5. The van der Waals surface area contributed by atoms with Crippen LogP contribution in [0.25, 0.3) is 0 Å². The Bertz CT molecular complexity index is 3790. The zero-order valence-corrected chi connectivity index (χ0v) is 52.8. The standard InChI is InChI=1S/C31H36F4N4O6S2.C27H28F4N4O6S2/c1-6-7-20-8-10-21(11-9-20)17-36-27(40)24-18-38(29-37-19(2)26(46-29)28(41)45-30(3,4)5)14-15-39(24)47(42,43)25-13-12-22(16-23(25)32)44-31(33,34)35;1-3-4-17-5-7-18(8-6-17)14-32-24(36)21-15-34(26-33-16(2)23(42-26)25(37)38)11-12-35(21)43(39,40)22-10-9-19(13-20(22)28)41-27(29,30)31/h8-13,16,24H,6-7,14-15,17-18H2,1-5H3,(H,36,40);5-10,13,21H,3-4,11-12,14-15H2,1-2H3,(H,32,36)(H,37,38)/t;21-/m.1/s1. The number of nitrogens with zero attached hydrogens (tertiary/aromatic N) is 6. The van der Waals surface area contributed by atoms with E-state index in [1.54, 1.807) is 37.5 Å². The Morgan fingerprint density at radius 3 is 1.29 bits per heavy atom. The number of benzene rings is 4. The summed E-state index contributed by atoms with van der Waals surface area (Å²) in [6.45, 7) is 11.5. The summed E-state index contributed by atoms with van der Waals surface area (Å²) in [7, 11) is -9.48. The molecule has 0 spiro atoms. The van der Waals surface area contributed by atoms with Crippen molar-refractivity contribution in [1.29, 1.82) is 0 Å². The molecule has 90 heavy (non-hydrogen) atoms. The van der Waals surface area contributed by atoms with Crippen LogP contribution in [-0.2, 0) is 60.3 Å². The lowest BCUT2D eigenvalue weighted by Gasteiger charge is -2.39. The second-order valence-electron chi connectivity index (χ2n) is 21.6. The fraction of sp³-hybridized carbons (Fsp3) is 0.414. The van der Waals surface area contributed by atoms with Gasteiger partial charge in [0, 0.05) is 64.5 Å². The number of hydrogen-bond donors (Lipinski definition) is 3. The van der Waals surface area contributed by atoms with E-state index in [1.165, 1.54) is 6.92 Å². The van der Waals surface area contributed by atoms with E-state index in [1.807, 2.05) is 55.5 Å². The Kier molecular flexibility index (Phi) is 22.3. The highest BCUT2D eigenvalue weighted by molar-refractivity contribution is 7.89. The van der Waals surface area contributed by atoms with Gasteiger partial charge in [0.15, 0.2) is 10.3 Å². The number of aryl methyl sites for hydroxylation is 4. The molecule has 2 aromatic heterocycles. The van der Waals surface area contributed by atoms with E-state index in [0.29, 0.717) is 47.2 Å². The van der Waals surface area contributed by atoms with Gasteiger partial charge < -0.3 is 39.8 Å². The van der Waals surface area contributed by atoms with Gasteiger partial charge in [0.2, 0.25) is 31.9 Å². The SMILES string of the molecule is CCCc1ccc(CNC(=O)C2CN(c3nc(C)c(C(=O)OC(C)(C)C)s3)CCN2S(=O)(=O)c2ccc(OC(F)(F)F)cc2F)cc1.CCCc1ccc(CNC(=O)[C@H]2CN(c3nc(C)c(C(=O)O)s3)CCN2S(=O)(=O)c2ccc(OC(F)(F)F)cc2F)cc1.